The van der Waals surface area contributed by atoms with Gasteiger partial charge in [-0.05, 0) is 145 Å². The number of benzene rings is 9. The van der Waals surface area contributed by atoms with Gasteiger partial charge in [-0.2, -0.15) is 0 Å². The number of anilines is 3. The molecule has 0 aliphatic heterocycles. The van der Waals surface area contributed by atoms with Crippen LogP contribution in [0.4, 0.5) is 17.1 Å². The number of aromatic nitrogens is 1. The van der Waals surface area contributed by atoms with Crippen LogP contribution in [0.1, 0.15) is 0 Å². The quantitative estimate of drug-likeness (QED) is 0.163. The van der Waals surface area contributed by atoms with E-state index in [1.165, 1.54) is 88.7 Å². The standard InChI is InChI=1S/C60H36N2/c1-3-13-39(14-4-1)40-25-30-44(31-26-40)61(46-34-36-58-55(38-46)49-18-9-10-24-57(49)62(58)43-15-5-2-6-16-43)45-32-27-41(28-33-45)42-29-35-48-52-21-12-22-53-54-23-11-20-51(60(54)56(48)37-42)47-17-7-8-19-50(47)59(52)53/h1,3-5,7-38H. The van der Waals surface area contributed by atoms with Gasteiger partial charge in [0, 0.05) is 33.9 Å². The maximum absolute atomic E-state index is 3.16. The van der Waals surface area contributed by atoms with Gasteiger partial charge in [-0.25, -0.2) is 0 Å². The first-order chi connectivity index (χ1) is 30.8. The van der Waals surface area contributed by atoms with Crippen LogP contribution < -0.4 is 4.90 Å². The van der Waals surface area contributed by atoms with E-state index in [9.17, 15) is 0 Å². The zero-order valence-corrected chi connectivity index (χ0v) is 33.7. The van der Waals surface area contributed by atoms with Gasteiger partial charge in [0.25, 0.3) is 0 Å². The molecule has 2 heteroatoms. The highest BCUT2D eigenvalue weighted by atomic mass is 15.1. The van der Waals surface area contributed by atoms with E-state index in [1.807, 2.05) is 12.1 Å². The molecule has 11 aromatic rings. The Kier molecular flexibility index (Phi) is 7.55. The van der Waals surface area contributed by atoms with Crippen molar-refractivity contribution >= 4 is 38.9 Å². The van der Waals surface area contributed by atoms with Crippen molar-refractivity contribution < 1.29 is 0 Å². The lowest BCUT2D eigenvalue weighted by Crippen LogP contribution is -2.10. The second-order valence-corrected chi connectivity index (χ2v) is 16.3. The molecule has 0 unspecified atom stereocenters. The maximum atomic E-state index is 3.16. The summed E-state index contributed by atoms with van der Waals surface area (Å²) in [6.45, 7) is 0. The Balaban J connectivity index is 0.947. The monoisotopic (exact) mass is 784 g/mol. The predicted octanol–water partition coefficient (Wildman–Crippen LogP) is 16.1. The SMILES string of the molecule is c1ccc(-n2c3ccccc3c3cc(N(c4ccc(-c5ccccc5)cc4)c4ccc(-c5ccc6c(c5)-c5c7cccc5-c5cccc-6c5-c5ccccc5-7)cc4)ccc32)cc#1. The Hall–Kier alpha value is -8.38. The first-order valence-electron chi connectivity index (χ1n) is 21.3. The average Bonchev–Trinajstić information content (AvgIpc) is 3.62. The molecule has 0 spiro atoms. The van der Waals surface area contributed by atoms with E-state index in [4.69, 9.17) is 0 Å². The van der Waals surface area contributed by atoms with Crippen molar-refractivity contribution in [2.45, 2.75) is 0 Å². The molecule has 0 fully saturated rings. The third kappa shape index (κ3) is 5.19. The van der Waals surface area contributed by atoms with Crippen LogP contribution in [-0.4, -0.2) is 4.57 Å². The predicted molar refractivity (Wildman–Crippen MR) is 258 cm³/mol. The fourth-order valence-corrected chi connectivity index (χ4v) is 10.2. The van der Waals surface area contributed by atoms with Crippen LogP contribution in [0.5, 0.6) is 0 Å². The number of hydrogen-bond acceptors (Lipinski definition) is 1. The average molecular weight is 785 g/mol. The van der Waals surface area contributed by atoms with E-state index < -0.39 is 0 Å². The summed E-state index contributed by atoms with van der Waals surface area (Å²) < 4.78 is 2.33. The van der Waals surface area contributed by atoms with E-state index in [0.29, 0.717) is 0 Å². The molecule has 0 radical (unpaired) electrons. The number of fused-ring (bicyclic) bond motifs is 7. The topological polar surface area (TPSA) is 8.17 Å². The molecular weight excluding hydrogens is 749 g/mol. The van der Waals surface area contributed by atoms with Gasteiger partial charge in [0.2, 0.25) is 0 Å². The first-order valence-corrected chi connectivity index (χ1v) is 21.3. The lowest BCUT2D eigenvalue weighted by molar-refractivity contribution is 1.18. The van der Waals surface area contributed by atoms with Gasteiger partial charge in [-0.3, -0.25) is 0 Å². The lowest BCUT2D eigenvalue weighted by atomic mass is 9.83. The van der Waals surface area contributed by atoms with Crippen molar-refractivity contribution in [3.05, 3.63) is 231 Å². The van der Waals surface area contributed by atoms with Gasteiger partial charge in [0.1, 0.15) is 0 Å². The molecule has 2 nitrogen and oxygen atoms in total. The minimum Gasteiger partial charge on any atom is -0.310 e. The second-order valence-electron chi connectivity index (χ2n) is 16.3. The van der Waals surface area contributed by atoms with E-state index >= 15 is 0 Å². The van der Waals surface area contributed by atoms with Gasteiger partial charge in [0.05, 0.1) is 16.7 Å². The van der Waals surface area contributed by atoms with Crippen LogP contribution in [0.3, 0.4) is 0 Å². The fraction of sp³-hybridized carbons (Fsp3) is 0. The molecule has 0 N–H and O–H groups in total. The molecule has 0 saturated heterocycles. The summed E-state index contributed by atoms with van der Waals surface area (Å²) in [5.41, 5.74) is 24.5. The highest BCUT2D eigenvalue weighted by Crippen LogP contribution is 2.57. The molecular formula is C60H36N2. The zero-order chi connectivity index (χ0) is 40.7. The van der Waals surface area contributed by atoms with Crippen LogP contribution in [-0.2, 0) is 0 Å². The number of nitrogens with zero attached hydrogens (tertiary/aromatic N) is 2. The molecule has 2 aliphatic rings. The normalized spacial score (nSPS) is 11.7. The fourth-order valence-electron chi connectivity index (χ4n) is 10.2. The summed E-state index contributed by atoms with van der Waals surface area (Å²) in [7, 11) is 0. The number of para-hydroxylation sites is 1. The van der Waals surface area contributed by atoms with E-state index in [2.05, 4.69) is 228 Å². The second kappa shape index (κ2) is 13.6. The Morgan fingerprint density at radius 1 is 0.323 bits per heavy atom. The molecule has 1 aromatic heterocycles. The maximum Gasteiger partial charge on any atom is 0.0552 e. The van der Waals surface area contributed by atoms with Crippen LogP contribution in [0.15, 0.2) is 218 Å². The van der Waals surface area contributed by atoms with Crippen molar-refractivity contribution in [2.24, 2.45) is 0 Å². The molecule has 6 bridgehead atoms. The largest absolute Gasteiger partial charge is 0.310 e. The minimum absolute atomic E-state index is 1.07. The van der Waals surface area contributed by atoms with Crippen molar-refractivity contribution in [1.82, 2.24) is 4.57 Å². The number of rotatable bonds is 6. The lowest BCUT2D eigenvalue weighted by Gasteiger charge is -2.26. The molecule has 286 valence electrons. The van der Waals surface area contributed by atoms with Crippen molar-refractivity contribution in [2.75, 3.05) is 4.90 Å². The van der Waals surface area contributed by atoms with Gasteiger partial charge >= 0.3 is 0 Å². The Morgan fingerprint density at radius 2 is 0.855 bits per heavy atom. The molecule has 62 heavy (non-hydrogen) atoms. The molecule has 1 heterocycles. The summed E-state index contributed by atoms with van der Waals surface area (Å²) in [5, 5.41) is 2.41. The molecule has 10 aromatic carbocycles. The van der Waals surface area contributed by atoms with Crippen molar-refractivity contribution in [1.29, 1.82) is 0 Å². The summed E-state index contributed by atoms with van der Waals surface area (Å²) in [6, 6.07) is 86.1. The summed E-state index contributed by atoms with van der Waals surface area (Å²) in [5.74, 6) is 0. The minimum atomic E-state index is 1.07. The van der Waals surface area contributed by atoms with Crippen LogP contribution in [0, 0.1) is 12.1 Å². The number of hydrogen-bond donors (Lipinski definition) is 0. The zero-order valence-electron chi connectivity index (χ0n) is 33.7. The van der Waals surface area contributed by atoms with Crippen LogP contribution in [0.25, 0.3) is 105 Å². The summed E-state index contributed by atoms with van der Waals surface area (Å²) in [4.78, 5) is 2.38. The Morgan fingerprint density at radius 3 is 1.56 bits per heavy atom. The molecule has 0 amide bonds. The van der Waals surface area contributed by atoms with E-state index in [0.717, 1.165) is 33.8 Å². The summed E-state index contributed by atoms with van der Waals surface area (Å²) >= 11 is 0. The van der Waals surface area contributed by atoms with Crippen LogP contribution in [0.2, 0.25) is 0 Å². The highest BCUT2D eigenvalue weighted by Gasteiger charge is 2.30. The van der Waals surface area contributed by atoms with Gasteiger partial charge < -0.3 is 9.47 Å². The Labute approximate surface area is 360 Å². The van der Waals surface area contributed by atoms with Gasteiger partial charge in [-0.1, -0.05) is 158 Å². The van der Waals surface area contributed by atoms with Gasteiger partial charge in [0.15, 0.2) is 0 Å². The summed E-state index contributed by atoms with van der Waals surface area (Å²) in [6.07, 6.45) is 0. The molecule has 13 rings (SSSR count). The van der Waals surface area contributed by atoms with E-state index in [-0.39, 0.29) is 0 Å². The molecule has 0 atom stereocenters. The third-order valence-electron chi connectivity index (χ3n) is 13.0. The van der Waals surface area contributed by atoms with Crippen molar-refractivity contribution in [3.63, 3.8) is 0 Å². The highest BCUT2D eigenvalue weighted by molar-refractivity contribution is 6.15. The van der Waals surface area contributed by atoms with Gasteiger partial charge in [-0.15, -0.1) is 0 Å². The molecule has 2 aliphatic carbocycles. The first kappa shape index (κ1) is 34.5. The van der Waals surface area contributed by atoms with E-state index in [1.54, 1.807) is 0 Å². The van der Waals surface area contributed by atoms with Crippen LogP contribution >= 0.6 is 0 Å². The molecule has 0 saturated carbocycles. The van der Waals surface area contributed by atoms with Crippen molar-refractivity contribution in [3.8, 4) is 83.6 Å². The Bertz CT molecular complexity index is 3520. The smallest absolute Gasteiger partial charge is 0.0552 e. The third-order valence-corrected chi connectivity index (χ3v) is 13.0.